The molecule has 6 nitrogen and oxygen atoms in total. The van der Waals surface area contributed by atoms with Crippen molar-refractivity contribution in [3.63, 3.8) is 0 Å². The molecular formula is C13H16FN3O3S. The van der Waals surface area contributed by atoms with Gasteiger partial charge in [0, 0.05) is 13.6 Å². The van der Waals surface area contributed by atoms with E-state index in [1.165, 1.54) is 7.05 Å². The number of rotatable bonds is 6. The fourth-order valence-corrected chi connectivity index (χ4v) is 3.19. The minimum atomic E-state index is -3.96. The van der Waals surface area contributed by atoms with Gasteiger partial charge in [-0.1, -0.05) is 6.92 Å². The molecule has 0 fully saturated rings. The van der Waals surface area contributed by atoms with E-state index >= 15 is 0 Å². The molecule has 0 aliphatic carbocycles. The standard InChI is InChI=1S/C13H16FN3O3S/c1-3-6-17(9-13(18)16-2)21(19,20)11-4-5-12(14)10(7-11)8-15/h4-5,7H,3,6,9H2,1-2H3,(H,16,18). The monoisotopic (exact) mass is 313 g/mol. The maximum atomic E-state index is 13.3. The van der Waals surface area contributed by atoms with Gasteiger partial charge < -0.3 is 5.32 Å². The van der Waals surface area contributed by atoms with E-state index in [0.29, 0.717) is 6.42 Å². The second-order valence-corrected chi connectivity index (χ2v) is 6.20. The fourth-order valence-electron chi connectivity index (χ4n) is 1.67. The lowest BCUT2D eigenvalue weighted by molar-refractivity contribution is -0.120. The molecule has 1 amide bonds. The Kier molecular flexibility index (Phi) is 5.81. The maximum Gasteiger partial charge on any atom is 0.243 e. The Labute approximate surface area is 123 Å². The van der Waals surface area contributed by atoms with Gasteiger partial charge in [0.15, 0.2) is 0 Å². The summed E-state index contributed by atoms with van der Waals surface area (Å²) in [5.74, 6) is -1.24. The summed E-state index contributed by atoms with van der Waals surface area (Å²) in [6.45, 7) is 1.60. The molecule has 0 aliphatic heterocycles. The lowest BCUT2D eigenvalue weighted by atomic mass is 10.2. The maximum absolute atomic E-state index is 13.3. The summed E-state index contributed by atoms with van der Waals surface area (Å²) < 4.78 is 39.2. The Balaban J connectivity index is 3.22. The third-order valence-corrected chi connectivity index (χ3v) is 4.61. The zero-order chi connectivity index (χ0) is 16.0. The largest absolute Gasteiger partial charge is 0.358 e. The summed E-state index contributed by atoms with van der Waals surface area (Å²) in [5.41, 5.74) is -0.354. The van der Waals surface area contributed by atoms with E-state index in [0.717, 1.165) is 22.5 Å². The first-order chi connectivity index (χ1) is 9.86. The Bertz CT molecular complexity index is 668. The van der Waals surface area contributed by atoms with Crippen LogP contribution in [0.3, 0.4) is 0 Å². The van der Waals surface area contributed by atoms with Gasteiger partial charge in [-0.05, 0) is 24.6 Å². The van der Waals surface area contributed by atoms with E-state index in [-0.39, 0.29) is 23.5 Å². The Morgan fingerprint density at radius 2 is 2.14 bits per heavy atom. The van der Waals surface area contributed by atoms with Gasteiger partial charge >= 0.3 is 0 Å². The van der Waals surface area contributed by atoms with Gasteiger partial charge in [-0.2, -0.15) is 9.57 Å². The van der Waals surface area contributed by atoms with Crippen molar-refractivity contribution in [1.82, 2.24) is 9.62 Å². The zero-order valence-corrected chi connectivity index (χ0v) is 12.6. The second kappa shape index (κ2) is 7.15. The van der Waals surface area contributed by atoms with Crippen LogP contribution in [0.4, 0.5) is 4.39 Å². The highest BCUT2D eigenvalue weighted by atomic mass is 32.2. The molecule has 114 valence electrons. The number of halogens is 1. The first kappa shape index (κ1) is 17.1. The van der Waals surface area contributed by atoms with Gasteiger partial charge in [-0.25, -0.2) is 12.8 Å². The SMILES string of the molecule is CCCN(CC(=O)NC)S(=O)(=O)c1ccc(F)c(C#N)c1. The van der Waals surface area contributed by atoms with E-state index in [9.17, 15) is 17.6 Å². The summed E-state index contributed by atoms with van der Waals surface area (Å²) in [5, 5.41) is 11.1. The molecule has 0 saturated carbocycles. The van der Waals surface area contributed by atoms with Crippen LogP contribution in [-0.2, 0) is 14.8 Å². The molecule has 1 aromatic carbocycles. The molecule has 0 unspecified atom stereocenters. The molecule has 0 spiro atoms. The highest BCUT2D eigenvalue weighted by molar-refractivity contribution is 7.89. The normalized spacial score (nSPS) is 11.2. The lowest BCUT2D eigenvalue weighted by Crippen LogP contribution is -2.40. The average molecular weight is 313 g/mol. The van der Waals surface area contributed by atoms with Crippen LogP contribution in [0.15, 0.2) is 23.1 Å². The highest BCUT2D eigenvalue weighted by Crippen LogP contribution is 2.19. The first-order valence-electron chi connectivity index (χ1n) is 6.27. The topological polar surface area (TPSA) is 90.3 Å². The predicted octanol–water partition coefficient (Wildman–Crippen LogP) is 0.844. The molecule has 0 aliphatic rings. The van der Waals surface area contributed by atoms with Crippen molar-refractivity contribution in [2.24, 2.45) is 0 Å². The molecule has 0 bridgehead atoms. The first-order valence-corrected chi connectivity index (χ1v) is 7.71. The Hall–Kier alpha value is -1.98. The van der Waals surface area contributed by atoms with E-state index in [2.05, 4.69) is 5.32 Å². The molecular weight excluding hydrogens is 297 g/mol. The van der Waals surface area contributed by atoms with Crippen molar-refractivity contribution < 1.29 is 17.6 Å². The summed E-state index contributed by atoms with van der Waals surface area (Å²) in [4.78, 5) is 11.2. The summed E-state index contributed by atoms with van der Waals surface area (Å²) in [7, 11) is -2.56. The molecule has 1 aromatic rings. The van der Waals surface area contributed by atoms with Gasteiger partial charge in [0.05, 0.1) is 17.0 Å². The van der Waals surface area contributed by atoms with Gasteiger partial charge in [-0.15, -0.1) is 0 Å². The lowest BCUT2D eigenvalue weighted by Gasteiger charge is -2.20. The molecule has 1 N–H and O–H groups in total. The molecule has 0 aromatic heterocycles. The molecule has 0 atom stereocenters. The quantitative estimate of drug-likeness (QED) is 0.843. The number of carbonyl (C=O) groups excluding carboxylic acids is 1. The Morgan fingerprint density at radius 3 is 2.67 bits per heavy atom. The summed E-state index contributed by atoms with van der Waals surface area (Å²) >= 11 is 0. The van der Waals surface area contributed by atoms with Gasteiger partial charge in [0.25, 0.3) is 0 Å². The Morgan fingerprint density at radius 1 is 1.48 bits per heavy atom. The highest BCUT2D eigenvalue weighted by Gasteiger charge is 2.26. The van der Waals surface area contributed by atoms with Gasteiger partial charge in [0.2, 0.25) is 15.9 Å². The van der Waals surface area contributed by atoms with Crippen LogP contribution in [0, 0.1) is 17.1 Å². The van der Waals surface area contributed by atoms with Crippen LogP contribution < -0.4 is 5.32 Å². The molecule has 0 radical (unpaired) electrons. The smallest absolute Gasteiger partial charge is 0.243 e. The number of amides is 1. The average Bonchev–Trinajstić information content (AvgIpc) is 2.46. The predicted molar refractivity (Wildman–Crippen MR) is 74.2 cm³/mol. The molecule has 8 heteroatoms. The van der Waals surface area contributed by atoms with Crippen LogP contribution >= 0.6 is 0 Å². The van der Waals surface area contributed by atoms with E-state index in [1.807, 2.05) is 0 Å². The third kappa shape index (κ3) is 4.00. The van der Waals surface area contributed by atoms with Crippen molar-refractivity contribution in [1.29, 1.82) is 5.26 Å². The van der Waals surface area contributed by atoms with E-state index in [1.54, 1.807) is 13.0 Å². The minimum absolute atomic E-state index is 0.148. The van der Waals surface area contributed by atoms with Crippen molar-refractivity contribution in [2.45, 2.75) is 18.2 Å². The third-order valence-electron chi connectivity index (χ3n) is 2.77. The molecule has 1 rings (SSSR count). The number of likely N-dealkylation sites (N-methyl/N-ethyl adjacent to an activating group) is 1. The summed E-state index contributed by atoms with van der Waals surface area (Å²) in [6.07, 6.45) is 0.516. The van der Waals surface area contributed by atoms with Crippen LogP contribution in [0.25, 0.3) is 0 Å². The number of carbonyl (C=O) groups is 1. The fraction of sp³-hybridized carbons (Fsp3) is 0.385. The van der Waals surface area contributed by atoms with Crippen molar-refractivity contribution >= 4 is 15.9 Å². The number of hydrogen-bond donors (Lipinski definition) is 1. The van der Waals surface area contributed by atoms with Crippen LogP contribution in [0.2, 0.25) is 0 Å². The number of nitrogens with zero attached hydrogens (tertiary/aromatic N) is 2. The van der Waals surface area contributed by atoms with Crippen molar-refractivity contribution in [3.05, 3.63) is 29.6 Å². The van der Waals surface area contributed by atoms with Crippen LogP contribution in [0.5, 0.6) is 0 Å². The number of nitrogens with one attached hydrogen (secondary N) is 1. The van der Waals surface area contributed by atoms with Crippen LogP contribution in [-0.4, -0.2) is 38.8 Å². The molecule has 0 saturated heterocycles. The van der Waals surface area contributed by atoms with Gasteiger partial charge in [0.1, 0.15) is 11.9 Å². The molecule has 21 heavy (non-hydrogen) atoms. The summed E-state index contributed by atoms with van der Waals surface area (Å²) in [6, 6.07) is 4.57. The number of sulfonamides is 1. The van der Waals surface area contributed by atoms with Crippen molar-refractivity contribution in [3.8, 4) is 6.07 Å². The van der Waals surface area contributed by atoms with Crippen LogP contribution in [0.1, 0.15) is 18.9 Å². The second-order valence-electron chi connectivity index (χ2n) is 4.27. The van der Waals surface area contributed by atoms with Crippen molar-refractivity contribution in [2.75, 3.05) is 20.1 Å². The van der Waals surface area contributed by atoms with Gasteiger partial charge in [-0.3, -0.25) is 4.79 Å². The number of benzene rings is 1. The minimum Gasteiger partial charge on any atom is -0.358 e. The number of hydrogen-bond acceptors (Lipinski definition) is 4. The number of nitriles is 1. The van der Waals surface area contributed by atoms with E-state index < -0.39 is 21.7 Å². The molecule has 0 heterocycles. The van der Waals surface area contributed by atoms with E-state index in [4.69, 9.17) is 5.26 Å². The zero-order valence-electron chi connectivity index (χ0n) is 11.8.